The van der Waals surface area contributed by atoms with Crippen LogP contribution in [0.25, 0.3) is 11.0 Å². The van der Waals surface area contributed by atoms with Gasteiger partial charge in [0.15, 0.2) is 5.43 Å². The number of benzene rings is 2. The van der Waals surface area contributed by atoms with Crippen molar-refractivity contribution in [3.05, 3.63) is 111 Å². The average molecular weight is 404 g/mol. The lowest BCUT2D eigenvalue weighted by molar-refractivity contribution is 0.0714. The SMILES string of the molecule is O=C1c2oc3ccc(F)cc3c(=O)c2[C@H](c2cccc(F)c2)N1Cc1cccnc1. The maximum atomic E-state index is 14.0. The topological polar surface area (TPSA) is 63.4 Å². The van der Waals surface area contributed by atoms with Crippen molar-refractivity contribution in [3.8, 4) is 0 Å². The maximum absolute atomic E-state index is 14.0. The first-order valence-corrected chi connectivity index (χ1v) is 9.24. The number of fused-ring (bicyclic) bond motifs is 2. The van der Waals surface area contributed by atoms with E-state index in [9.17, 15) is 18.4 Å². The molecule has 148 valence electrons. The van der Waals surface area contributed by atoms with Gasteiger partial charge in [0.25, 0.3) is 5.91 Å². The molecule has 7 heteroatoms. The number of hydrogen-bond acceptors (Lipinski definition) is 4. The van der Waals surface area contributed by atoms with Gasteiger partial charge in [-0.3, -0.25) is 14.6 Å². The summed E-state index contributed by atoms with van der Waals surface area (Å²) in [7, 11) is 0. The summed E-state index contributed by atoms with van der Waals surface area (Å²) >= 11 is 0. The second-order valence-corrected chi connectivity index (χ2v) is 7.07. The number of aromatic nitrogens is 1. The molecule has 1 aliphatic rings. The van der Waals surface area contributed by atoms with E-state index in [4.69, 9.17) is 4.42 Å². The van der Waals surface area contributed by atoms with Gasteiger partial charge in [-0.15, -0.1) is 0 Å². The number of amides is 1. The molecule has 2 aromatic heterocycles. The fourth-order valence-electron chi connectivity index (χ4n) is 3.87. The van der Waals surface area contributed by atoms with Gasteiger partial charge in [0, 0.05) is 18.9 Å². The highest BCUT2D eigenvalue weighted by molar-refractivity contribution is 5.99. The van der Waals surface area contributed by atoms with E-state index in [1.54, 1.807) is 30.6 Å². The Kier molecular flexibility index (Phi) is 4.17. The Balaban J connectivity index is 1.75. The molecule has 0 aliphatic carbocycles. The third kappa shape index (κ3) is 2.86. The number of pyridine rings is 1. The molecule has 0 unspecified atom stereocenters. The molecule has 1 aliphatic heterocycles. The van der Waals surface area contributed by atoms with E-state index in [1.165, 1.54) is 29.2 Å². The number of carbonyl (C=O) groups is 1. The van der Waals surface area contributed by atoms with Gasteiger partial charge in [-0.2, -0.15) is 0 Å². The molecule has 3 heterocycles. The smallest absolute Gasteiger partial charge is 0.291 e. The highest BCUT2D eigenvalue weighted by Gasteiger charge is 2.42. The van der Waals surface area contributed by atoms with Gasteiger partial charge in [0.2, 0.25) is 5.76 Å². The molecule has 0 bridgehead atoms. The van der Waals surface area contributed by atoms with Gasteiger partial charge >= 0.3 is 0 Å². The molecule has 0 saturated heterocycles. The van der Waals surface area contributed by atoms with Crippen molar-refractivity contribution in [2.75, 3.05) is 0 Å². The number of carbonyl (C=O) groups excluding carboxylic acids is 1. The fourth-order valence-corrected chi connectivity index (χ4v) is 3.87. The molecule has 0 spiro atoms. The van der Waals surface area contributed by atoms with Crippen LogP contribution >= 0.6 is 0 Å². The summed E-state index contributed by atoms with van der Waals surface area (Å²) in [5.41, 5.74) is 0.849. The standard InChI is InChI=1S/C23H14F2N2O3/c24-15-5-1-4-14(9-15)20-19-21(28)17-10-16(25)6-7-18(17)30-22(19)23(29)27(20)12-13-3-2-8-26-11-13/h1-11,20H,12H2/t20-/m0/s1. The van der Waals surface area contributed by atoms with Crippen molar-refractivity contribution >= 4 is 16.9 Å². The van der Waals surface area contributed by atoms with Gasteiger partial charge in [-0.05, 0) is 47.5 Å². The monoisotopic (exact) mass is 404 g/mol. The Morgan fingerprint density at radius 2 is 1.83 bits per heavy atom. The summed E-state index contributed by atoms with van der Waals surface area (Å²) < 4.78 is 33.5. The highest BCUT2D eigenvalue weighted by atomic mass is 19.1. The normalized spacial score (nSPS) is 15.6. The molecule has 5 rings (SSSR count). The van der Waals surface area contributed by atoms with Gasteiger partial charge in [-0.25, -0.2) is 8.78 Å². The number of halogens is 2. The first-order chi connectivity index (χ1) is 14.5. The third-order valence-electron chi connectivity index (χ3n) is 5.17. The molecular weight excluding hydrogens is 390 g/mol. The summed E-state index contributed by atoms with van der Waals surface area (Å²) in [6.45, 7) is 0.141. The van der Waals surface area contributed by atoms with Crippen molar-refractivity contribution in [2.45, 2.75) is 12.6 Å². The van der Waals surface area contributed by atoms with Crippen LogP contribution in [0, 0.1) is 11.6 Å². The molecule has 1 atom stereocenters. The largest absolute Gasteiger partial charge is 0.450 e. The summed E-state index contributed by atoms with van der Waals surface area (Å²) in [5, 5.41) is 0.0335. The third-order valence-corrected chi connectivity index (χ3v) is 5.17. The van der Waals surface area contributed by atoms with Crippen LogP contribution in [0.3, 0.4) is 0 Å². The van der Waals surface area contributed by atoms with Crippen LogP contribution in [0.4, 0.5) is 8.78 Å². The Hall–Kier alpha value is -3.87. The van der Waals surface area contributed by atoms with E-state index in [0.717, 1.165) is 17.7 Å². The van der Waals surface area contributed by atoms with E-state index < -0.39 is 29.0 Å². The first-order valence-electron chi connectivity index (χ1n) is 9.24. The van der Waals surface area contributed by atoms with Gasteiger partial charge < -0.3 is 9.32 Å². The Labute approximate surface area is 169 Å². The second-order valence-electron chi connectivity index (χ2n) is 7.07. The molecule has 2 aromatic carbocycles. The molecule has 4 aromatic rings. The molecular formula is C23H14F2N2O3. The molecule has 0 radical (unpaired) electrons. The Morgan fingerprint density at radius 1 is 1.00 bits per heavy atom. The zero-order valence-electron chi connectivity index (χ0n) is 15.5. The fraction of sp³-hybridized carbons (Fsp3) is 0.0870. The molecule has 30 heavy (non-hydrogen) atoms. The molecule has 0 fully saturated rings. The van der Waals surface area contributed by atoms with Crippen molar-refractivity contribution in [1.29, 1.82) is 0 Å². The number of hydrogen-bond donors (Lipinski definition) is 0. The van der Waals surface area contributed by atoms with Gasteiger partial charge in [0.05, 0.1) is 17.0 Å². The molecule has 0 N–H and O–H groups in total. The Morgan fingerprint density at radius 3 is 2.60 bits per heavy atom. The van der Waals surface area contributed by atoms with Crippen LogP contribution in [-0.4, -0.2) is 15.8 Å². The second kappa shape index (κ2) is 6.88. The summed E-state index contributed by atoms with van der Waals surface area (Å²) in [5.74, 6) is -1.69. The lowest BCUT2D eigenvalue weighted by Gasteiger charge is -2.25. The Bertz CT molecular complexity index is 1350. The van der Waals surface area contributed by atoms with Crippen LogP contribution in [0.15, 0.2) is 76.2 Å². The van der Waals surface area contributed by atoms with Crippen molar-refractivity contribution in [3.63, 3.8) is 0 Å². The highest BCUT2D eigenvalue weighted by Crippen LogP contribution is 2.39. The number of rotatable bonds is 3. The minimum atomic E-state index is -0.868. The van der Waals surface area contributed by atoms with Gasteiger partial charge in [-0.1, -0.05) is 18.2 Å². The summed E-state index contributed by atoms with van der Waals surface area (Å²) in [4.78, 5) is 32.0. The van der Waals surface area contributed by atoms with E-state index >= 15 is 0 Å². The van der Waals surface area contributed by atoms with Gasteiger partial charge in [0.1, 0.15) is 17.2 Å². The quantitative estimate of drug-likeness (QED) is 0.513. The van der Waals surface area contributed by atoms with Crippen LogP contribution in [0.2, 0.25) is 0 Å². The summed E-state index contributed by atoms with van der Waals surface area (Å²) in [6.07, 6.45) is 3.22. The molecule has 1 amide bonds. The maximum Gasteiger partial charge on any atom is 0.291 e. The van der Waals surface area contributed by atoms with Crippen LogP contribution < -0.4 is 5.43 Å². The molecule has 5 nitrogen and oxygen atoms in total. The zero-order valence-corrected chi connectivity index (χ0v) is 15.5. The van der Waals surface area contributed by atoms with E-state index in [2.05, 4.69) is 4.98 Å². The summed E-state index contributed by atoms with van der Waals surface area (Å²) in [6, 6.07) is 11.9. The lowest BCUT2D eigenvalue weighted by atomic mass is 9.98. The van der Waals surface area contributed by atoms with Crippen LogP contribution in [0.5, 0.6) is 0 Å². The van der Waals surface area contributed by atoms with Crippen LogP contribution in [0.1, 0.15) is 33.3 Å². The van der Waals surface area contributed by atoms with E-state index in [1.807, 2.05) is 0 Å². The average Bonchev–Trinajstić information content (AvgIpc) is 3.02. The van der Waals surface area contributed by atoms with E-state index in [-0.39, 0.29) is 28.8 Å². The minimum absolute atomic E-state index is 0.0335. The lowest BCUT2D eigenvalue weighted by Crippen LogP contribution is -2.29. The zero-order chi connectivity index (χ0) is 20.8. The van der Waals surface area contributed by atoms with Crippen molar-refractivity contribution < 1.29 is 18.0 Å². The first kappa shape index (κ1) is 18.2. The molecule has 0 saturated carbocycles. The minimum Gasteiger partial charge on any atom is -0.450 e. The predicted molar refractivity (Wildman–Crippen MR) is 105 cm³/mol. The number of nitrogens with zero attached hydrogens (tertiary/aromatic N) is 2. The van der Waals surface area contributed by atoms with Crippen LogP contribution in [-0.2, 0) is 6.54 Å². The van der Waals surface area contributed by atoms with E-state index in [0.29, 0.717) is 5.56 Å². The van der Waals surface area contributed by atoms with Crippen molar-refractivity contribution in [1.82, 2.24) is 9.88 Å². The predicted octanol–water partition coefficient (Wildman–Crippen LogP) is 4.21. The van der Waals surface area contributed by atoms with Crippen molar-refractivity contribution in [2.24, 2.45) is 0 Å².